The van der Waals surface area contributed by atoms with Crippen LogP contribution in [0.1, 0.15) is 25.7 Å². The van der Waals surface area contributed by atoms with E-state index in [1.54, 1.807) is 12.1 Å². The van der Waals surface area contributed by atoms with Crippen molar-refractivity contribution in [2.45, 2.75) is 42.4 Å². The van der Waals surface area contributed by atoms with Crippen LogP contribution in [0.3, 0.4) is 0 Å². The molecule has 1 aromatic rings. The second-order valence-corrected chi connectivity index (χ2v) is 8.12. The summed E-state index contributed by atoms with van der Waals surface area (Å²) in [5.41, 5.74) is 0.402. The quantitative estimate of drug-likeness (QED) is 0.842. The van der Waals surface area contributed by atoms with Crippen LogP contribution in [0.5, 0.6) is 0 Å². The smallest absolute Gasteiger partial charge is 0.341 e. The number of para-hydroxylation sites is 1. The molecule has 1 heterocycles. The molecular weight excluding hydrogens is 322 g/mol. The summed E-state index contributed by atoms with van der Waals surface area (Å²) in [6, 6.07) is 6.73. The molecule has 23 heavy (non-hydrogen) atoms. The van der Waals surface area contributed by atoms with Crippen LogP contribution in [0.15, 0.2) is 29.2 Å². The molecule has 7 heteroatoms. The molecule has 0 unspecified atom stereocenters. The molecule has 2 fully saturated rings. The molecule has 0 atom stereocenters. The van der Waals surface area contributed by atoms with Gasteiger partial charge in [-0.1, -0.05) is 25.0 Å². The highest BCUT2D eigenvalue weighted by atomic mass is 32.2. The fourth-order valence-corrected chi connectivity index (χ4v) is 4.60. The number of nitrogens with zero attached hydrogens (tertiary/aromatic N) is 2. The van der Waals surface area contributed by atoms with E-state index in [2.05, 4.69) is 4.90 Å². The monoisotopic (exact) mass is 344 g/mol. The van der Waals surface area contributed by atoms with Gasteiger partial charge in [-0.15, -0.1) is 0 Å². The first kappa shape index (κ1) is 16.6. The van der Waals surface area contributed by atoms with Gasteiger partial charge < -0.3 is 4.90 Å². The van der Waals surface area contributed by atoms with Gasteiger partial charge in [-0.2, -0.15) is 8.78 Å². The van der Waals surface area contributed by atoms with E-state index in [1.165, 1.54) is 37.8 Å². The van der Waals surface area contributed by atoms with Crippen molar-refractivity contribution in [3.05, 3.63) is 24.3 Å². The fraction of sp³-hybridized carbons (Fsp3) is 0.625. The van der Waals surface area contributed by atoms with Crippen molar-refractivity contribution in [1.29, 1.82) is 0 Å². The zero-order chi connectivity index (χ0) is 16.4. The van der Waals surface area contributed by atoms with Gasteiger partial charge in [0.1, 0.15) is 0 Å². The van der Waals surface area contributed by atoms with Crippen molar-refractivity contribution in [2.24, 2.45) is 0 Å². The molecule has 0 spiro atoms. The van der Waals surface area contributed by atoms with E-state index < -0.39 is 15.6 Å². The van der Waals surface area contributed by atoms with Gasteiger partial charge >= 0.3 is 5.76 Å². The van der Waals surface area contributed by atoms with Crippen LogP contribution >= 0.6 is 0 Å². The zero-order valence-corrected chi connectivity index (χ0v) is 13.8. The number of piperazine rings is 1. The number of anilines is 1. The maximum absolute atomic E-state index is 12.9. The summed E-state index contributed by atoms with van der Waals surface area (Å²) in [5.74, 6) is -3.39. The Bertz CT molecular complexity index is 637. The topological polar surface area (TPSA) is 40.6 Å². The molecule has 128 valence electrons. The van der Waals surface area contributed by atoms with E-state index in [-0.39, 0.29) is 4.90 Å². The molecule has 1 saturated heterocycles. The minimum absolute atomic E-state index is 0.260. The number of benzene rings is 1. The largest absolute Gasteiger partial charge is 0.368 e. The third-order valence-electron chi connectivity index (χ3n) is 4.90. The SMILES string of the molecule is O=S(=O)(c1ccccc1N1CCN(C2CCCC2)CC1)C(F)F. The van der Waals surface area contributed by atoms with Crippen LogP contribution in [-0.4, -0.2) is 51.3 Å². The second kappa shape index (κ2) is 6.73. The first-order chi connectivity index (χ1) is 11.0. The van der Waals surface area contributed by atoms with Crippen molar-refractivity contribution in [3.8, 4) is 0 Å². The minimum Gasteiger partial charge on any atom is -0.368 e. The molecule has 0 aromatic heterocycles. The van der Waals surface area contributed by atoms with Gasteiger partial charge in [0.05, 0.1) is 10.6 Å². The Balaban J connectivity index is 1.76. The summed E-state index contributed by atoms with van der Waals surface area (Å²) in [6.07, 6.45) is 5.02. The predicted octanol–water partition coefficient (Wildman–Crippen LogP) is 2.75. The average Bonchev–Trinajstić information content (AvgIpc) is 3.09. The lowest BCUT2D eigenvalue weighted by atomic mass is 10.1. The summed E-state index contributed by atoms with van der Waals surface area (Å²) in [6.45, 7) is 3.06. The van der Waals surface area contributed by atoms with Gasteiger partial charge in [0.2, 0.25) is 9.84 Å². The van der Waals surface area contributed by atoms with Crippen molar-refractivity contribution in [1.82, 2.24) is 4.90 Å². The molecule has 0 amide bonds. The van der Waals surface area contributed by atoms with Crippen LogP contribution in [0, 0.1) is 0 Å². The Morgan fingerprint density at radius 3 is 2.22 bits per heavy atom. The lowest BCUT2D eigenvalue weighted by Gasteiger charge is -2.39. The van der Waals surface area contributed by atoms with Gasteiger partial charge in [-0.05, 0) is 25.0 Å². The van der Waals surface area contributed by atoms with E-state index in [0.717, 1.165) is 13.1 Å². The number of halogens is 2. The number of hydrogen-bond donors (Lipinski definition) is 0. The molecule has 1 aliphatic carbocycles. The molecule has 4 nitrogen and oxygen atoms in total. The van der Waals surface area contributed by atoms with E-state index >= 15 is 0 Å². The predicted molar refractivity (Wildman–Crippen MR) is 85.7 cm³/mol. The van der Waals surface area contributed by atoms with E-state index in [1.807, 2.05) is 4.90 Å². The Kier molecular flexibility index (Phi) is 4.87. The number of sulfone groups is 1. The van der Waals surface area contributed by atoms with Gasteiger partial charge in [0.25, 0.3) is 0 Å². The zero-order valence-electron chi connectivity index (χ0n) is 13.0. The van der Waals surface area contributed by atoms with E-state index in [9.17, 15) is 17.2 Å². The fourth-order valence-electron chi connectivity index (χ4n) is 3.65. The summed E-state index contributed by atoms with van der Waals surface area (Å²) >= 11 is 0. The van der Waals surface area contributed by atoms with Crippen LogP contribution in [0.25, 0.3) is 0 Å². The number of rotatable bonds is 4. The number of alkyl halides is 2. The van der Waals surface area contributed by atoms with Gasteiger partial charge in [-0.3, -0.25) is 4.90 Å². The first-order valence-corrected chi connectivity index (χ1v) is 9.65. The summed E-state index contributed by atoms with van der Waals surface area (Å²) < 4.78 is 49.6. The molecule has 1 saturated carbocycles. The molecule has 1 aromatic carbocycles. The van der Waals surface area contributed by atoms with Crippen LogP contribution in [-0.2, 0) is 9.84 Å². The van der Waals surface area contributed by atoms with Crippen molar-refractivity contribution in [2.75, 3.05) is 31.1 Å². The normalized spacial score (nSPS) is 21.3. The minimum atomic E-state index is -4.57. The van der Waals surface area contributed by atoms with Crippen molar-refractivity contribution in [3.63, 3.8) is 0 Å². The summed E-state index contributed by atoms with van der Waals surface area (Å²) in [7, 11) is -4.57. The molecule has 0 radical (unpaired) electrons. The van der Waals surface area contributed by atoms with Gasteiger partial charge in [0, 0.05) is 32.2 Å². The lowest BCUT2D eigenvalue weighted by molar-refractivity contribution is 0.187. The Morgan fingerprint density at radius 2 is 1.61 bits per heavy atom. The highest BCUT2D eigenvalue weighted by Crippen LogP contribution is 2.31. The van der Waals surface area contributed by atoms with Gasteiger partial charge in [0.15, 0.2) is 0 Å². The number of hydrogen-bond acceptors (Lipinski definition) is 4. The standard InChI is InChI=1S/C16H22F2N2O2S/c17-16(18)23(21,22)15-8-4-3-7-14(15)20-11-9-19(10-12-20)13-5-1-2-6-13/h3-4,7-8,13,16H,1-2,5-6,9-12H2. The Labute approximate surface area is 136 Å². The van der Waals surface area contributed by atoms with Gasteiger partial charge in [-0.25, -0.2) is 8.42 Å². The third kappa shape index (κ3) is 3.35. The van der Waals surface area contributed by atoms with E-state index in [4.69, 9.17) is 0 Å². The lowest BCUT2D eigenvalue weighted by Crippen LogP contribution is -2.50. The van der Waals surface area contributed by atoms with Crippen molar-refractivity contribution >= 4 is 15.5 Å². The van der Waals surface area contributed by atoms with Crippen LogP contribution in [0.2, 0.25) is 0 Å². The third-order valence-corrected chi connectivity index (χ3v) is 6.33. The molecule has 1 aliphatic heterocycles. The Morgan fingerprint density at radius 1 is 1.00 bits per heavy atom. The molecule has 3 rings (SSSR count). The Hall–Kier alpha value is -1.21. The van der Waals surface area contributed by atoms with E-state index in [0.29, 0.717) is 24.8 Å². The highest BCUT2D eigenvalue weighted by Gasteiger charge is 2.32. The summed E-state index contributed by atoms with van der Waals surface area (Å²) in [4.78, 5) is 4.11. The highest BCUT2D eigenvalue weighted by molar-refractivity contribution is 7.91. The second-order valence-electron chi connectivity index (χ2n) is 6.23. The maximum atomic E-state index is 12.9. The molecular formula is C16H22F2N2O2S. The van der Waals surface area contributed by atoms with Crippen molar-refractivity contribution < 1.29 is 17.2 Å². The molecule has 2 aliphatic rings. The molecule has 0 bridgehead atoms. The van der Waals surface area contributed by atoms with Crippen LogP contribution in [0.4, 0.5) is 14.5 Å². The average molecular weight is 344 g/mol. The molecule has 0 N–H and O–H groups in total. The summed E-state index contributed by atoms with van der Waals surface area (Å²) in [5, 5.41) is 0. The first-order valence-electron chi connectivity index (χ1n) is 8.10. The maximum Gasteiger partial charge on any atom is 0.341 e. The van der Waals surface area contributed by atoms with Crippen LogP contribution < -0.4 is 4.90 Å².